The number of nitrogens with zero attached hydrogens (tertiary/aromatic N) is 2. The Kier molecular flexibility index (Phi) is 5.67. The topological polar surface area (TPSA) is 32.5 Å². The molecule has 1 saturated heterocycles. The fraction of sp³-hybridized carbons (Fsp3) is 0.625. The lowest BCUT2D eigenvalue weighted by molar-refractivity contribution is 0.219. The van der Waals surface area contributed by atoms with Crippen LogP contribution in [0.4, 0.5) is 5.69 Å². The highest BCUT2D eigenvalue weighted by Gasteiger charge is 2.13. The first-order valence-electron chi connectivity index (χ1n) is 7.57. The van der Waals surface area contributed by atoms with Crippen LogP contribution in [0.25, 0.3) is 0 Å². The summed E-state index contributed by atoms with van der Waals surface area (Å²) in [7, 11) is 0. The third kappa shape index (κ3) is 4.84. The van der Waals surface area contributed by atoms with Crippen LogP contribution in [0.15, 0.2) is 24.3 Å². The molecule has 3 heteroatoms. The average Bonchev–Trinajstić information content (AvgIpc) is 2.92. The average molecular weight is 261 g/mol. The summed E-state index contributed by atoms with van der Waals surface area (Å²) in [6.45, 7) is 9.46. The van der Waals surface area contributed by atoms with Gasteiger partial charge >= 0.3 is 0 Å². The first-order chi connectivity index (χ1) is 9.28. The molecule has 0 amide bonds. The van der Waals surface area contributed by atoms with Crippen LogP contribution in [0.3, 0.4) is 0 Å². The predicted molar refractivity (Wildman–Crippen MR) is 82.1 cm³/mol. The van der Waals surface area contributed by atoms with E-state index in [4.69, 9.17) is 5.73 Å². The van der Waals surface area contributed by atoms with Crippen molar-refractivity contribution in [2.45, 2.75) is 32.7 Å². The highest BCUT2D eigenvalue weighted by Crippen LogP contribution is 2.11. The molecule has 1 aromatic rings. The van der Waals surface area contributed by atoms with Crippen molar-refractivity contribution in [3.8, 4) is 0 Å². The minimum atomic E-state index is 0.850. The maximum atomic E-state index is 5.74. The van der Waals surface area contributed by atoms with Gasteiger partial charge in [-0.05, 0) is 56.6 Å². The van der Waals surface area contributed by atoms with Gasteiger partial charge in [-0.2, -0.15) is 0 Å². The van der Waals surface area contributed by atoms with Crippen molar-refractivity contribution < 1.29 is 0 Å². The van der Waals surface area contributed by atoms with Gasteiger partial charge in [0.1, 0.15) is 0 Å². The molecule has 2 N–H and O–H groups in total. The largest absolute Gasteiger partial charge is 0.399 e. The Balaban J connectivity index is 1.82. The van der Waals surface area contributed by atoms with Crippen molar-refractivity contribution in [2.24, 2.45) is 0 Å². The van der Waals surface area contributed by atoms with Gasteiger partial charge in [0.2, 0.25) is 0 Å². The number of likely N-dealkylation sites (tertiary alicyclic amines) is 1. The highest BCUT2D eigenvalue weighted by atomic mass is 15.2. The lowest BCUT2D eigenvalue weighted by Crippen LogP contribution is -2.34. The van der Waals surface area contributed by atoms with Gasteiger partial charge in [-0.1, -0.05) is 19.1 Å². The first-order valence-corrected chi connectivity index (χ1v) is 7.57. The molecule has 0 unspecified atom stereocenters. The van der Waals surface area contributed by atoms with E-state index >= 15 is 0 Å². The molecule has 1 aliphatic rings. The van der Waals surface area contributed by atoms with E-state index in [1.807, 2.05) is 12.1 Å². The van der Waals surface area contributed by atoms with Crippen LogP contribution in [0, 0.1) is 0 Å². The zero-order valence-electron chi connectivity index (χ0n) is 12.1. The lowest BCUT2D eigenvalue weighted by Gasteiger charge is -2.25. The van der Waals surface area contributed by atoms with Gasteiger partial charge < -0.3 is 10.6 Å². The monoisotopic (exact) mass is 261 g/mol. The molecule has 0 saturated carbocycles. The van der Waals surface area contributed by atoms with Gasteiger partial charge in [0.05, 0.1) is 0 Å². The summed E-state index contributed by atoms with van der Waals surface area (Å²) in [5.74, 6) is 0. The molecule has 0 aliphatic carbocycles. The Morgan fingerprint density at radius 2 is 1.79 bits per heavy atom. The van der Waals surface area contributed by atoms with Gasteiger partial charge in [0, 0.05) is 25.3 Å². The van der Waals surface area contributed by atoms with Gasteiger partial charge in [-0.3, -0.25) is 4.90 Å². The minimum absolute atomic E-state index is 0.850. The highest BCUT2D eigenvalue weighted by molar-refractivity contribution is 5.39. The Morgan fingerprint density at radius 1 is 1.11 bits per heavy atom. The summed E-state index contributed by atoms with van der Waals surface area (Å²) in [4.78, 5) is 5.15. The smallest absolute Gasteiger partial charge is 0.0314 e. The van der Waals surface area contributed by atoms with E-state index in [1.165, 1.54) is 57.5 Å². The molecule has 3 nitrogen and oxygen atoms in total. The van der Waals surface area contributed by atoms with Crippen LogP contribution in [-0.4, -0.2) is 42.5 Å². The standard InChI is InChI=1S/C16H27N3/c1-2-9-19(13-12-18-10-3-4-11-18)14-15-5-7-16(17)8-6-15/h5-8H,2-4,9-14,17H2,1H3. The molecular formula is C16H27N3. The summed E-state index contributed by atoms with van der Waals surface area (Å²) in [5, 5.41) is 0. The molecule has 1 heterocycles. The molecule has 0 bridgehead atoms. The van der Waals surface area contributed by atoms with Crippen molar-refractivity contribution in [2.75, 3.05) is 38.5 Å². The van der Waals surface area contributed by atoms with Crippen LogP contribution >= 0.6 is 0 Å². The quantitative estimate of drug-likeness (QED) is 0.766. The van der Waals surface area contributed by atoms with E-state index in [9.17, 15) is 0 Å². The molecule has 106 valence electrons. The van der Waals surface area contributed by atoms with Gasteiger partial charge in [-0.25, -0.2) is 0 Å². The zero-order valence-corrected chi connectivity index (χ0v) is 12.1. The Bertz CT molecular complexity index is 355. The summed E-state index contributed by atoms with van der Waals surface area (Å²) in [6.07, 6.45) is 3.98. The molecule has 2 rings (SSSR count). The normalized spacial score (nSPS) is 16.3. The second-order valence-corrected chi connectivity index (χ2v) is 5.57. The number of benzene rings is 1. The number of hydrogen-bond donors (Lipinski definition) is 1. The van der Waals surface area contributed by atoms with Gasteiger partial charge in [0.25, 0.3) is 0 Å². The molecule has 19 heavy (non-hydrogen) atoms. The zero-order chi connectivity index (χ0) is 13.5. The summed E-state index contributed by atoms with van der Waals surface area (Å²) in [5.41, 5.74) is 7.95. The fourth-order valence-electron chi connectivity index (χ4n) is 2.76. The molecule has 0 spiro atoms. The van der Waals surface area contributed by atoms with E-state index < -0.39 is 0 Å². The molecular weight excluding hydrogens is 234 g/mol. The summed E-state index contributed by atoms with van der Waals surface area (Å²) >= 11 is 0. The fourth-order valence-corrected chi connectivity index (χ4v) is 2.76. The van der Waals surface area contributed by atoms with E-state index in [1.54, 1.807) is 0 Å². The van der Waals surface area contributed by atoms with Crippen molar-refractivity contribution >= 4 is 5.69 Å². The summed E-state index contributed by atoms with van der Waals surface area (Å²) in [6, 6.07) is 8.29. The van der Waals surface area contributed by atoms with Crippen LogP contribution in [0.1, 0.15) is 31.7 Å². The molecule has 0 radical (unpaired) electrons. The second-order valence-electron chi connectivity index (χ2n) is 5.57. The second kappa shape index (κ2) is 7.51. The maximum absolute atomic E-state index is 5.74. The van der Waals surface area contributed by atoms with E-state index in [0.29, 0.717) is 0 Å². The van der Waals surface area contributed by atoms with Crippen molar-refractivity contribution in [3.63, 3.8) is 0 Å². The van der Waals surface area contributed by atoms with Crippen LogP contribution in [0.5, 0.6) is 0 Å². The molecule has 1 fully saturated rings. The lowest BCUT2D eigenvalue weighted by atomic mass is 10.2. The maximum Gasteiger partial charge on any atom is 0.0314 e. The van der Waals surface area contributed by atoms with Crippen LogP contribution < -0.4 is 5.73 Å². The molecule has 0 aromatic heterocycles. The number of nitrogen functional groups attached to an aromatic ring is 1. The van der Waals surface area contributed by atoms with Gasteiger partial charge in [-0.15, -0.1) is 0 Å². The van der Waals surface area contributed by atoms with Crippen molar-refractivity contribution in [1.29, 1.82) is 0 Å². The number of nitrogens with two attached hydrogens (primary N) is 1. The minimum Gasteiger partial charge on any atom is -0.399 e. The SMILES string of the molecule is CCCN(CCN1CCCC1)Cc1ccc(N)cc1. The number of hydrogen-bond acceptors (Lipinski definition) is 3. The number of anilines is 1. The van der Waals surface area contributed by atoms with E-state index in [-0.39, 0.29) is 0 Å². The van der Waals surface area contributed by atoms with Crippen molar-refractivity contribution in [3.05, 3.63) is 29.8 Å². The predicted octanol–water partition coefficient (Wildman–Crippen LogP) is 2.58. The van der Waals surface area contributed by atoms with Crippen LogP contribution in [-0.2, 0) is 6.54 Å². The first kappa shape index (κ1) is 14.4. The third-order valence-corrected chi connectivity index (χ3v) is 3.86. The molecule has 0 atom stereocenters. The molecule has 1 aromatic carbocycles. The Hall–Kier alpha value is -1.06. The third-order valence-electron chi connectivity index (χ3n) is 3.86. The van der Waals surface area contributed by atoms with E-state index in [2.05, 4.69) is 28.9 Å². The molecule has 1 aliphatic heterocycles. The Morgan fingerprint density at radius 3 is 2.42 bits per heavy atom. The van der Waals surface area contributed by atoms with Crippen molar-refractivity contribution in [1.82, 2.24) is 9.80 Å². The van der Waals surface area contributed by atoms with E-state index in [0.717, 1.165) is 12.2 Å². The summed E-state index contributed by atoms with van der Waals surface area (Å²) < 4.78 is 0. The van der Waals surface area contributed by atoms with Crippen LogP contribution in [0.2, 0.25) is 0 Å². The Labute approximate surface area is 117 Å². The number of rotatable bonds is 7. The van der Waals surface area contributed by atoms with Gasteiger partial charge in [0.15, 0.2) is 0 Å².